The zero-order chi connectivity index (χ0) is 16.8. The van der Waals surface area contributed by atoms with E-state index in [2.05, 4.69) is 6.58 Å². The van der Waals surface area contributed by atoms with Crippen LogP contribution in [0.1, 0.15) is 27.7 Å². The average molecular weight is 315 g/mol. The molecule has 0 unspecified atom stereocenters. The van der Waals surface area contributed by atoms with Gasteiger partial charge in [0.25, 0.3) is 5.91 Å². The Morgan fingerprint density at radius 2 is 1.91 bits per heavy atom. The molecule has 23 heavy (non-hydrogen) atoms. The number of ether oxygens (including phenoxy) is 1. The Labute approximate surface area is 137 Å². The molecule has 1 aromatic carbocycles. The molecule has 0 bridgehead atoms. The molecule has 6 heteroatoms. The standard InChI is InChI=1S/C17H22BNO4/c1-6-15(20)19-9-10-21-14-8-7-12(11-13(14)19)18-22-16(2,3)17(4,5)23-18/h6-8,11H,1,9-10H2,2-5H3. The van der Waals surface area contributed by atoms with Crippen molar-refractivity contribution in [3.63, 3.8) is 0 Å². The number of amides is 1. The molecule has 2 aliphatic heterocycles. The van der Waals surface area contributed by atoms with Crippen LogP contribution >= 0.6 is 0 Å². The average Bonchev–Trinajstić information content (AvgIpc) is 2.73. The van der Waals surface area contributed by atoms with Crippen LogP contribution < -0.4 is 15.1 Å². The van der Waals surface area contributed by atoms with Gasteiger partial charge in [-0.05, 0) is 51.4 Å². The second-order valence-corrected chi connectivity index (χ2v) is 6.86. The summed E-state index contributed by atoms with van der Waals surface area (Å²) >= 11 is 0. The topological polar surface area (TPSA) is 48.0 Å². The molecule has 0 N–H and O–H groups in total. The van der Waals surface area contributed by atoms with Crippen LogP contribution in [0.2, 0.25) is 0 Å². The van der Waals surface area contributed by atoms with E-state index in [9.17, 15) is 4.79 Å². The first kappa shape index (κ1) is 16.1. The Morgan fingerprint density at radius 3 is 2.52 bits per heavy atom. The summed E-state index contributed by atoms with van der Waals surface area (Å²) in [7, 11) is -0.465. The van der Waals surface area contributed by atoms with Crippen molar-refractivity contribution in [1.82, 2.24) is 0 Å². The number of carbonyl (C=O) groups is 1. The van der Waals surface area contributed by atoms with Crippen LogP contribution in [0.15, 0.2) is 30.9 Å². The smallest absolute Gasteiger partial charge is 0.490 e. The Balaban J connectivity index is 1.95. The van der Waals surface area contributed by atoms with Crippen molar-refractivity contribution >= 4 is 24.2 Å². The van der Waals surface area contributed by atoms with Gasteiger partial charge in [-0.25, -0.2) is 0 Å². The summed E-state index contributed by atoms with van der Waals surface area (Å²) < 4.78 is 17.8. The van der Waals surface area contributed by atoms with E-state index in [0.717, 1.165) is 11.2 Å². The fraction of sp³-hybridized carbons (Fsp3) is 0.471. The molecule has 1 amide bonds. The van der Waals surface area contributed by atoms with E-state index in [1.165, 1.54) is 6.08 Å². The lowest BCUT2D eigenvalue weighted by Gasteiger charge is -2.32. The van der Waals surface area contributed by atoms with E-state index in [1.807, 2.05) is 45.9 Å². The lowest BCUT2D eigenvalue weighted by atomic mass is 9.78. The number of rotatable bonds is 2. The van der Waals surface area contributed by atoms with Gasteiger partial charge in [-0.2, -0.15) is 0 Å². The number of benzene rings is 1. The normalized spacial score (nSPS) is 21.6. The van der Waals surface area contributed by atoms with Gasteiger partial charge < -0.3 is 18.9 Å². The Morgan fingerprint density at radius 1 is 1.26 bits per heavy atom. The third-order valence-electron chi connectivity index (χ3n) is 4.81. The SMILES string of the molecule is C=CC(=O)N1CCOc2ccc(B3OC(C)(C)C(C)(C)O3)cc21. The summed E-state index contributed by atoms with van der Waals surface area (Å²) in [6.07, 6.45) is 1.32. The Bertz CT molecular complexity index is 640. The largest absolute Gasteiger partial charge is 0.494 e. The molecule has 0 saturated carbocycles. The predicted octanol–water partition coefficient (Wildman–Crippen LogP) is 1.90. The van der Waals surface area contributed by atoms with E-state index >= 15 is 0 Å². The molecule has 2 heterocycles. The summed E-state index contributed by atoms with van der Waals surface area (Å²) in [6.45, 7) is 12.6. The molecule has 3 rings (SSSR count). The fourth-order valence-electron chi connectivity index (χ4n) is 2.70. The second-order valence-electron chi connectivity index (χ2n) is 6.86. The van der Waals surface area contributed by atoms with Crippen LogP contribution in [0.4, 0.5) is 5.69 Å². The maximum Gasteiger partial charge on any atom is 0.494 e. The zero-order valence-corrected chi connectivity index (χ0v) is 14.1. The van der Waals surface area contributed by atoms with Gasteiger partial charge in [0.15, 0.2) is 0 Å². The highest BCUT2D eigenvalue weighted by molar-refractivity contribution is 6.62. The van der Waals surface area contributed by atoms with Crippen LogP contribution in [0.5, 0.6) is 5.75 Å². The molecule has 5 nitrogen and oxygen atoms in total. The first-order valence-electron chi connectivity index (χ1n) is 7.81. The number of hydrogen-bond donors (Lipinski definition) is 0. The third-order valence-corrected chi connectivity index (χ3v) is 4.81. The lowest BCUT2D eigenvalue weighted by molar-refractivity contribution is -0.114. The monoisotopic (exact) mass is 315 g/mol. The van der Waals surface area contributed by atoms with Gasteiger partial charge in [-0.15, -0.1) is 0 Å². The molecular weight excluding hydrogens is 293 g/mol. The van der Waals surface area contributed by atoms with Crippen LogP contribution in [-0.2, 0) is 14.1 Å². The van der Waals surface area contributed by atoms with Crippen LogP contribution in [0.25, 0.3) is 0 Å². The summed E-state index contributed by atoms with van der Waals surface area (Å²) in [5, 5.41) is 0. The first-order chi connectivity index (χ1) is 10.7. The van der Waals surface area contributed by atoms with Crippen molar-refractivity contribution < 1.29 is 18.8 Å². The number of fused-ring (bicyclic) bond motifs is 1. The number of hydrogen-bond acceptors (Lipinski definition) is 4. The highest BCUT2D eigenvalue weighted by Crippen LogP contribution is 2.37. The second kappa shape index (κ2) is 5.39. The molecule has 1 saturated heterocycles. The van der Waals surface area contributed by atoms with E-state index in [4.69, 9.17) is 14.0 Å². The predicted molar refractivity (Wildman–Crippen MR) is 90.2 cm³/mol. The van der Waals surface area contributed by atoms with Crippen molar-refractivity contribution in [1.29, 1.82) is 0 Å². The van der Waals surface area contributed by atoms with Crippen molar-refractivity contribution in [2.45, 2.75) is 38.9 Å². The van der Waals surface area contributed by atoms with Gasteiger partial charge in [0, 0.05) is 0 Å². The molecule has 0 spiro atoms. The van der Waals surface area contributed by atoms with Crippen molar-refractivity contribution in [3.05, 3.63) is 30.9 Å². The highest BCUT2D eigenvalue weighted by atomic mass is 16.7. The van der Waals surface area contributed by atoms with Gasteiger partial charge in [0.05, 0.1) is 23.4 Å². The van der Waals surface area contributed by atoms with Gasteiger partial charge in [-0.3, -0.25) is 4.79 Å². The van der Waals surface area contributed by atoms with Crippen LogP contribution in [0, 0.1) is 0 Å². The van der Waals surface area contributed by atoms with Gasteiger partial charge >= 0.3 is 7.12 Å². The minimum atomic E-state index is -0.465. The lowest BCUT2D eigenvalue weighted by Crippen LogP contribution is -2.41. The van der Waals surface area contributed by atoms with Gasteiger partial charge in [0.2, 0.25) is 0 Å². The summed E-state index contributed by atoms with van der Waals surface area (Å²) in [6, 6.07) is 5.68. The molecule has 0 radical (unpaired) electrons. The van der Waals surface area contributed by atoms with Crippen molar-refractivity contribution in [2.24, 2.45) is 0 Å². The van der Waals surface area contributed by atoms with E-state index < -0.39 is 18.3 Å². The first-order valence-corrected chi connectivity index (χ1v) is 7.81. The van der Waals surface area contributed by atoms with E-state index in [-0.39, 0.29) is 5.91 Å². The zero-order valence-electron chi connectivity index (χ0n) is 14.1. The molecule has 0 aliphatic carbocycles. The molecule has 1 fully saturated rings. The Kier molecular flexibility index (Phi) is 3.77. The van der Waals surface area contributed by atoms with Crippen LogP contribution in [-0.4, -0.2) is 37.4 Å². The molecule has 1 aromatic rings. The maximum atomic E-state index is 12.1. The number of anilines is 1. The number of nitrogens with zero attached hydrogens (tertiary/aromatic N) is 1. The van der Waals surface area contributed by atoms with E-state index in [1.54, 1.807) is 4.90 Å². The fourth-order valence-corrected chi connectivity index (χ4v) is 2.70. The maximum absolute atomic E-state index is 12.1. The van der Waals surface area contributed by atoms with Gasteiger partial charge in [0.1, 0.15) is 12.4 Å². The number of carbonyl (C=O) groups excluding carboxylic acids is 1. The van der Waals surface area contributed by atoms with Crippen LogP contribution in [0.3, 0.4) is 0 Å². The minimum Gasteiger partial charge on any atom is -0.490 e. The molecular formula is C17H22BNO4. The molecule has 2 aliphatic rings. The molecule has 0 aromatic heterocycles. The Hall–Kier alpha value is -1.79. The quantitative estimate of drug-likeness (QED) is 0.618. The summed E-state index contributed by atoms with van der Waals surface area (Å²) in [5.74, 6) is 0.548. The van der Waals surface area contributed by atoms with E-state index in [0.29, 0.717) is 18.9 Å². The van der Waals surface area contributed by atoms with Gasteiger partial charge in [-0.1, -0.05) is 12.6 Å². The van der Waals surface area contributed by atoms with Crippen molar-refractivity contribution in [3.8, 4) is 5.75 Å². The molecule has 0 atom stereocenters. The third kappa shape index (κ3) is 2.66. The molecule has 122 valence electrons. The minimum absolute atomic E-state index is 0.138. The summed E-state index contributed by atoms with van der Waals surface area (Å²) in [4.78, 5) is 13.7. The summed E-state index contributed by atoms with van der Waals surface area (Å²) in [5.41, 5.74) is 0.796. The highest BCUT2D eigenvalue weighted by Gasteiger charge is 2.51. The van der Waals surface area contributed by atoms with Crippen molar-refractivity contribution in [2.75, 3.05) is 18.1 Å².